The lowest BCUT2D eigenvalue weighted by Crippen LogP contribution is -2.48. The number of hydrogen-bond donors (Lipinski definition) is 4. The lowest BCUT2D eigenvalue weighted by atomic mass is 10.0. The molecule has 7 nitrogen and oxygen atoms in total. The summed E-state index contributed by atoms with van der Waals surface area (Å²) in [6, 6.07) is 6.48. The van der Waals surface area contributed by atoms with Gasteiger partial charge in [0.1, 0.15) is 0 Å². The average molecular weight is 391 g/mol. The van der Waals surface area contributed by atoms with Gasteiger partial charge in [0.15, 0.2) is 5.11 Å². The van der Waals surface area contributed by atoms with Gasteiger partial charge in [-0.3, -0.25) is 25.2 Å². The second-order valence-electron chi connectivity index (χ2n) is 7.03. The summed E-state index contributed by atoms with van der Waals surface area (Å²) in [5.74, 6) is -0.324. The van der Waals surface area contributed by atoms with Crippen molar-refractivity contribution in [3.8, 4) is 0 Å². The first-order valence-electron chi connectivity index (χ1n) is 9.16. The third-order valence-electron chi connectivity index (χ3n) is 4.43. The van der Waals surface area contributed by atoms with Crippen LogP contribution in [0.25, 0.3) is 0 Å². The molecule has 4 N–H and O–H groups in total. The molecule has 0 bridgehead atoms. The molecule has 0 saturated heterocycles. The van der Waals surface area contributed by atoms with Crippen LogP contribution in [0, 0.1) is 11.8 Å². The number of amides is 3. The molecule has 1 aliphatic carbocycles. The maximum absolute atomic E-state index is 12.1. The number of anilines is 1. The average Bonchev–Trinajstić information content (AvgIpc) is 3.13. The Kier molecular flexibility index (Phi) is 7.72. The van der Waals surface area contributed by atoms with Crippen molar-refractivity contribution < 1.29 is 14.4 Å². The van der Waals surface area contributed by atoms with E-state index in [0.29, 0.717) is 23.6 Å². The topological polar surface area (TPSA) is 99.3 Å². The minimum Gasteiger partial charge on any atom is -0.326 e. The molecule has 0 aromatic heterocycles. The van der Waals surface area contributed by atoms with Gasteiger partial charge in [0.2, 0.25) is 11.8 Å². The van der Waals surface area contributed by atoms with E-state index in [1.54, 1.807) is 38.1 Å². The highest BCUT2D eigenvalue weighted by Crippen LogP contribution is 2.27. The predicted octanol–water partition coefficient (Wildman–Crippen LogP) is 2.50. The monoisotopic (exact) mass is 390 g/mol. The number of hydrogen-bond acceptors (Lipinski definition) is 4. The first-order valence-corrected chi connectivity index (χ1v) is 9.57. The van der Waals surface area contributed by atoms with E-state index >= 15 is 0 Å². The zero-order valence-corrected chi connectivity index (χ0v) is 16.4. The molecule has 0 unspecified atom stereocenters. The second-order valence-corrected chi connectivity index (χ2v) is 7.44. The van der Waals surface area contributed by atoms with Crippen LogP contribution in [0.2, 0.25) is 0 Å². The molecule has 0 atom stereocenters. The third-order valence-corrected chi connectivity index (χ3v) is 4.63. The molecule has 8 heteroatoms. The number of carbonyl (C=O) groups excluding carboxylic acids is 3. The fourth-order valence-electron chi connectivity index (χ4n) is 2.86. The molecule has 0 aliphatic heterocycles. The highest BCUT2D eigenvalue weighted by molar-refractivity contribution is 7.80. The summed E-state index contributed by atoms with van der Waals surface area (Å²) >= 11 is 5.03. The van der Waals surface area contributed by atoms with E-state index in [9.17, 15) is 14.4 Å². The highest BCUT2D eigenvalue weighted by Gasteiger charge is 2.19. The largest absolute Gasteiger partial charge is 0.326 e. The lowest BCUT2D eigenvalue weighted by Gasteiger charge is -2.13. The van der Waals surface area contributed by atoms with Crippen LogP contribution in [0.4, 0.5) is 5.69 Å². The first-order chi connectivity index (χ1) is 12.8. The minimum absolute atomic E-state index is 0.0622. The second kappa shape index (κ2) is 10.0. The van der Waals surface area contributed by atoms with E-state index in [4.69, 9.17) is 12.2 Å². The number of hydrazine groups is 1. The zero-order valence-electron chi connectivity index (χ0n) is 15.6. The van der Waals surface area contributed by atoms with Crippen LogP contribution in [0.1, 0.15) is 56.3 Å². The summed E-state index contributed by atoms with van der Waals surface area (Å²) in [5, 5.41) is 5.39. The van der Waals surface area contributed by atoms with Crippen LogP contribution in [-0.2, 0) is 9.59 Å². The van der Waals surface area contributed by atoms with Gasteiger partial charge in [0, 0.05) is 23.6 Å². The lowest BCUT2D eigenvalue weighted by molar-refractivity contribution is -0.120. The van der Waals surface area contributed by atoms with Crippen LogP contribution in [0.3, 0.4) is 0 Å². The molecule has 2 rings (SSSR count). The molecule has 27 heavy (non-hydrogen) atoms. The Morgan fingerprint density at radius 2 is 1.70 bits per heavy atom. The Bertz CT molecular complexity index is 697. The summed E-state index contributed by atoms with van der Waals surface area (Å²) < 4.78 is 0. The van der Waals surface area contributed by atoms with Crippen molar-refractivity contribution in [2.45, 2.75) is 46.0 Å². The van der Waals surface area contributed by atoms with Crippen molar-refractivity contribution in [2.24, 2.45) is 11.8 Å². The summed E-state index contributed by atoms with van der Waals surface area (Å²) in [5.41, 5.74) is 5.98. The molecule has 1 aromatic rings. The highest BCUT2D eigenvalue weighted by atomic mass is 32.1. The number of thiocarbonyl (C=S) groups is 1. The molecular formula is C19H26N4O3S. The van der Waals surface area contributed by atoms with Crippen molar-refractivity contribution in [3.63, 3.8) is 0 Å². The standard InChI is InChI=1S/C19H26N4O3S/c1-12(2)17(25)20-15-9-7-14(8-10-15)18(26)22-23-19(27)21-16(24)11-13-5-3-4-6-13/h7-10,12-13H,3-6,11H2,1-2H3,(H,20,25)(H,22,26)(H2,21,23,24,27). The number of carbonyl (C=O) groups is 3. The predicted molar refractivity (Wildman–Crippen MR) is 108 cm³/mol. The normalized spacial score (nSPS) is 13.9. The maximum atomic E-state index is 12.1. The van der Waals surface area contributed by atoms with Gasteiger partial charge in [0.05, 0.1) is 0 Å². The molecule has 1 aliphatic rings. The molecule has 146 valence electrons. The maximum Gasteiger partial charge on any atom is 0.269 e. The molecule has 1 fully saturated rings. The molecule has 1 aromatic carbocycles. The van der Waals surface area contributed by atoms with E-state index in [2.05, 4.69) is 21.5 Å². The minimum atomic E-state index is -0.399. The molecular weight excluding hydrogens is 364 g/mol. The summed E-state index contributed by atoms with van der Waals surface area (Å²) in [6.45, 7) is 3.61. The smallest absolute Gasteiger partial charge is 0.269 e. The van der Waals surface area contributed by atoms with Gasteiger partial charge < -0.3 is 10.6 Å². The number of nitrogens with one attached hydrogen (secondary N) is 4. The van der Waals surface area contributed by atoms with E-state index < -0.39 is 5.91 Å². The van der Waals surface area contributed by atoms with Crippen molar-refractivity contribution >= 4 is 40.7 Å². The van der Waals surface area contributed by atoms with Crippen LogP contribution in [0.15, 0.2) is 24.3 Å². The van der Waals surface area contributed by atoms with Gasteiger partial charge in [-0.1, -0.05) is 26.7 Å². The quantitative estimate of drug-likeness (QED) is 0.457. The van der Waals surface area contributed by atoms with Gasteiger partial charge in [0.25, 0.3) is 5.91 Å². The third kappa shape index (κ3) is 6.97. The van der Waals surface area contributed by atoms with Crippen LogP contribution in [0.5, 0.6) is 0 Å². The zero-order chi connectivity index (χ0) is 19.8. The summed E-state index contributed by atoms with van der Waals surface area (Å²) in [4.78, 5) is 35.7. The van der Waals surface area contributed by atoms with E-state index in [0.717, 1.165) is 12.8 Å². The Balaban J connectivity index is 1.74. The van der Waals surface area contributed by atoms with Crippen LogP contribution in [-0.4, -0.2) is 22.8 Å². The van der Waals surface area contributed by atoms with E-state index in [1.165, 1.54) is 12.8 Å². The van der Waals surface area contributed by atoms with Crippen LogP contribution < -0.4 is 21.5 Å². The van der Waals surface area contributed by atoms with Crippen molar-refractivity contribution in [3.05, 3.63) is 29.8 Å². The Morgan fingerprint density at radius 1 is 1.07 bits per heavy atom. The van der Waals surface area contributed by atoms with Crippen LogP contribution >= 0.6 is 12.2 Å². The molecule has 0 heterocycles. The molecule has 0 radical (unpaired) electrons. The SMILES string of the molecule is CC(C)C(=O)Nc1ccc(C(=O)NNC(=S)NC(=O)CC2CCCC2)cc1. The summed E-state index contributed by atoms with van der Waals surface area (Å²) in [6.07, 6.45) is 4.97. The van der Waals surface area contributed by atoms with Gasteiger partial charge in [-0.05, 0) is 55.2 Å². The number of benzene rings is 1. The van der Waals surface area contributed by atoms with Gasteiger partial charge >= 0.3 is 0 Å². The van der Waals surface area contributed by atoms with Crippen molar-refractivity contribution in [2.75, 3.05) is 5.32 Å². The van der Waals surface area contributed by atoms with Crippen molar-refractivity contribution in [1.82, 2.24) is 16.2 Å². The Hall–Kier alpha value is -2.48. The van der Waals surface area contributed by atoms with Crippen molar-refractivity contribution in [1.29, 1.82) is 0 Å². The molecule has 1 saturated carbocycles. The van der Waals surface area contributed by atoms with Gasteiger partial charge in [-0.25, -0.2) is 0 Å². The summed E-state index contributed by atoms with van der Waals surface area (Å²) in [7, 11) is 0. The number of rotatable bonds is 5. The Morgan fingerprint density at radius 3 is 2.30 bits per heavy atom. The Labute approximate surface area is 164 Å². The van der Waals surface area contributed by atoms with Gasteiger partial charge in [-0.2, -0.15) is 0 Å². The van der Waals surface area contributed by atoms with E-state index in [-0.39, 0.29) is 22.8 Å². The fourth-order valence-corrected chi connectivity index (χ4v) is 3.03. The molecule has 0 spiro atoms. The van der Waals surface area contributed by atoms with Gasteiger partial charge in [-0.15, -0.1) is 0 Å². The first kappa shape index (κ1) is 20.8. The van der Waals surface area contributed by atoms with E-state index in [1.807, 2.05) is 0 Å². The molecule has 3 amide bonds. The fraction of sp³-hybridized carbons (Fsp3) is 0.474.